The van der Waals surface area contributed by atoms with Gasteiger partial charge in [-0.3, -0.25) is 9.59 Å². The van der Waals surface area contributed by atoms with E-state index in [-0.39, 0.29) is 23.9 Å². The van der Waals surface area contributed by atoms with E-state index in [1.165, 1.54) is 18.4 Å². The van der Waals surface area contributed by atoms with Crippen LogP contribution in [0.3, 0.4) is 0 Å². The first-order chi connectivity index (χ1) is 20.4. The number of aryl methyl sites for hydroxylation is 1. The Morgan fingerprint density at radius 2 is 1.63 bits per heavy atom. The Bertz CT molecular complexity index is 1540. The zero-order chi connectivity index (χ0) is 31.6. The first kappa shape index (κ1) is 32.7. The minimum Gasteiger partial charge on any atom is -0.475 e. The fraction of sp³-hybridized carbons (Fsp3) is 0.241. The molecule has 0 saturated heterocycles. The highest BCUT2D eigenvalue weighted by Gasteiger charge is 2.38. The monoisotopic (exact) mass is 603 g/mol. The SMILES string of the molecule is NCC[C@@H](N)C(=O)N[C@H](CCc1ccc(F)cc1)c1nc(C(=O)Nc2ccc3ccccc3c2)co1.O=C(O)C(F)(F)F. The summed E-state index contributed by atoms with van der Waals surface area (Å²) in [5, 5.41) is 14.8. The number of oxazole rings is 1. The normalized spacial score (nSPS) is 12.5. The van der Waals surface area contributed by atoms with Crippen LogP contribution in [-0.4, -0.2) is 46.6 Å². The highest BCUT2D eigenvalue weighted by Crippen LogP contribution is 2.22. The third-order valence-corrected chi connectivity index (χ3v) is 6.07. The fourth-order valence-electron chi connectivity index (χ4n) is 3.82. The second-order valence-corrected chi connectivity index (χ2v) is 9.30. The van der Waals surface area contributed by atoms with Crippen LogP contribution in [0.25, 0.3) is 10.8 Å². The van der Waals surface area contributed by atoms with Gasteiger partial charge >= 0.3 is 12.1 Å². The van der Waals surface area contributed by atoms with E-state index in [2.05, 4.69) is 15.6 Å². The molecule has 0 aliphatic carbocycles. The summed E-state index contributed by atoms with van der Waals surface area (Å²) in [5.41, 5.74) is 13.0. The van der Waals surface area contributed by atoms with Crippen molar-refractivity contribution < 1.29 is 41.5 Å². The lowest BCUT2D eigenvalue weighted by atomic mass is 10.0. The van der Waals surface area contributed by atoms with Gasteiger partial charge in [-0.2, -0.15) is 13.2 Å². The number of benzene rings is 3. The Morgan fingerprint density at radius 1 is 0.977 bits per heavy atom. The quantitative estimate of drug-likeness (QED) is 0.167. The summed E-state index contributed by atoms with van der Waals surface area (Å²) in [6, 6.07) is 18.1. The van der Waals surface area contributed by atoms with E-state index in [1.807, 2.05) is 42.5 Å². The van der Waals surface area contributed by atoms with Gasteiger partial charge in [0.05, 0.1) is 6.04 Å². The second-order valence-electron chi connectivity index (χ2n) is 9.30. The molecule has 228 valence electrons. The molecule has 0 spiro atoms. The lowest BCUT2D eigenvalue weighted by Crippen LogP contribution is -2.43. The molecule has 0 radical (unpaired) electrons. The van der Waals surface area contributed by atoms with Gasteiger partial charge in [0.15, 0.2) is 5.69 Å². The topological polar surface area (TPSA) is 174 Å². The largest absolute Gasteiger partial charge is 0.490 e. The number of carboxylic acids is 1. The Kier molecular flexibility index (Phi) is 11.3. The number of carbonyl (C=O) groups is 3. The Balaban J connectivity index is 0.000000646. The van der Waals surface area contributed by atoms with Crippen molar-refractivity contribution in [1.82, 2.24) is 10.3 Å². The smallest absolute Gasteiger partial charge is 0.475 e. The van der Waals surface area contributed by atoms with Crippen LogP contribution in [0, 0.1) is 5.82 Å². The number of nitrogens with one attached hydrogen (secondary N) is 2. The van der Waals surface area contributed by atoms with E-state index in [4.69, 9.17) is 25.8 Å². The molecule has 0 unspecified atom stereocenters. The van der Waals surface area contributed by atoms with Crippen LogP contribution in [0.5, 0.6) is 0 Å². The highest BCUT2D eigenvalue weighted by molar-refractivity contribution is 6.03. The first-order valence-corrected chi connectivity index (χ1v) is 12.9. The number of rotatable bonds is 10. The minimum absolute atomic E-state index is 0.0745. The minimum atomic E-state index is -5.08. The van der Waals surface area contributed by atoms with E-state index < -0.39 is 36.0 Å². The van der Waals surface area contributed by atoms with Gasteiger partial charge in [-0.15, -0.1) is 0 Å². The van der Waals surface area contributed by atoms with Crippen molar-refractivity contribution in [1.29, 1.82) is 0 Å². The number of halogens is 4. The molecule has 2 atom stereocenters. The van der Waals surface area contributed by atoms with Gasteiger partial charge in [-0.1, -0.05) is 42.5 Å². The van der Waals surface area contributed by atoms with Gasteiger partial charge in [0, 0.05) is 5.69 Å². The number of hydrogen-bond donors (Lipinski definition) is 5. The number of aromatic nitrogens is 1. The zero-order valence-corrected chi connectivity index (χ0v) is 22.6. The number of anilines is 1. The molecule has 4 aromatic rings. The number of nitrogens with two attached hydrogens (primary N) is 2. The summed E-state index contributed by atoms with van der Waals surface area (Å²) in [6.07, 6.45) is -2.60. The molecule has 0 fully saturated rings. The fourth-order valence-corrected chi connectivity index (χ4v) is 3.82. The average Bonchev–Trinajstić information content (AvgIpc) is 3.46. The second kappa shape index (κ2) is 14.9. The van der Waals surface area contributed by atoms with Crippen LogP contribution in [0.1, 0.15) is 40.8 Å². The van der Waals surface area contributed by atoms with Crippen molar-refractivity contribution in [2.24, 2.45) is 11.5 Å². The van der Waals surface area contributed by atoms with Gasteiger partial charge in [0.2, 0.25) is 11.8 Å². The lowest BCUT2D eigenvalue weighted by Gasteiger charge is -2.18. The Morgan fingerprint density at radius 3 is 2.26 bits per heavy atom. The molecule has 10 nitrogen and oxygen atoms in total. The van der Waals surface area contributed by atoms with Crippen molar-refractivity contribution in [3.8, 4) is 0 Å². The molecule has 43 heavy (non-hydrogen) atoms. The van der Waals surface area contributed by atoms with Crippen molar-refractivity contribution in [3.05, 3.63) is 96.0 Å². The maximum absolute atomic E-state index is 13.3. The Labute approximate surface area is 243 Å². The summed E-state index contributed by atoms with van der Waals surface area (Å²) in [5.74, 6) is -3.75. The summed E-state index contributed by atoms with van der Waals surface area (Å²) in [4.78, 5) is 38.6. The third kappa shape index (κ3) is 9.90. The van der Waals surface area contributed by atoms with Crippen molar-refractivity contribution >= 4 is 34.2 Å². The molecular formula is C29H29F4N5O5. The van der Waals surface area contributed by atoms with Gasteiger partial charge in [0.25, 0.3) is 5.91 Å². The number of alkyl halides is 3. The van der Waals surface area contributed by atoms with E-state index >= 15 is 0 Å². The molecule has 7 N–H and O–H groups in total. The number of nitrogens with zero attached hydrogens (tertiary/aromatic N) is 1. The standard InChI is InChI=1S/C27H28FN5O3.C2HF3O2/c28-20-9-5-17(6-10-20)7-12-23(32-25(34)22(30)13-14-29)27-33-24(16-36-27)26(35)31-21-11-8-18-3-1-2-4-19(18)15-21;3-2(4,5)1(6)7/h1-6,8-11,15-16,22-23H,7,12-14,29-30H2,(H,31,35)(H,32,34);(H,6,7)/t22-,23-;/m1./s1. The number of aliphatic carboxylic acids is 1. The number of hydrogen-bond acceptors (Lipinski definition) is 7. The van der Waals surface area contributed by atoms with E-state index in [9.17, 15) is 27.2 Å². The van der Waals surface area contributed by atoms with Crippen molar-refractivity contribution in [2.75, 3.05) is 11.9 Å². The predicted octanol–water partition coefficient (Wildman–Crippen LogP) is 4.32. The highest BCUT2D eigenvalue weighted by atomic mass is 19.4. The van der Waals surface area contributed by atoms with Gasteiger partial charge < -0.3 is 31.6 Å². The summed E-state index contributed by atoms with van der Waals surface area (Å²) < 4.78 is 50.6. The number of amides is 2. The molecule has 0 bridgehead atoms. The van der Waals surface area contributed by atoms with Crippen LogP contribution < -0.4 is 22.1 Å². The summed E-state index contributed by atoms with van der Waals surface area (Å²) in [7, 11) is 0. The summed E-state index contributed by atoms with van der Waals surface area (Å²) in [6.45, 7) is 0.271. The lowest BCUT2D eigenvalue weighted by molar-refractivity contribution is -0.192. The van der Waals surface area contributed by atoms with E-state index in [1.54, 1.807) is 12.1 Å². The zero-order valence-electron chi connectivity index (χ0n) is 22.6. The van der Waals surface area contributed by atoms with Crippen molar-refractivity contribution in [3.63, 3.8) is 0 Å². The van der Waals surface area contributed by atoms with Crippen LogP contribution in [0.2, 0.25) is 0 Å². The van der Waals surface area contributed by atoms with Crippen LogP contribution in [-0.2, 0) is 16.0 Å². The molecule has 1 heterocycles. The maximum Gasteiger partial charge on any atom is 0.490 e. The van der Waals surface area contributed by atoms with Gasteiger partial charge in [0.1, 0.15) is 18.1 Å². The Hall–Kier alpha value is -4.82. The molecule has 2 amide bonds. The molecule has 0 saturated carbocycles. The molecule has 0 aliphatic rings. The first-order valence-electron chi connectivity index (χ1n) is 12.9. The molecule has 0 aliphatic heterocycles. The maximum atomic E-state index is 13.3. The van der Waals surface area contributed by atoms with Crippen LogP contribution in [0.4, 0.5) is 23.2 Å². The molecule has 1 aromatic heterocycles. The molecule has 4 rings (SSSR count). The van der Waals surface area contributed by atoms with Crippen LogP contribution in [0.15, 0.2) is 77.4 Å². The predicted molar refractivity (Wildman–Crippen MR) is 149 cm³/mol. The van der Waals surface area contributed by atoms with Gasteiger partial charge in [-0.25, -0.2) is 14.2 Å². The third-order valence-electron chi connectivity index (χ3n) is 6.07. The van der Waals surface area contributed by atoms with Gasteiger partial charge in [-0.05, 0) is 66.4 Å². The molecule has 14 heteroatoms. The van der Waals surface area contributed by atoms with Crippen molar-refractivity contribution in [2.45, 2.75) is 37.5 Å². The molecule has 3 aromatic carbocycles. The number of fused-ring (bicyclic) bond motifs is 1. The number of carboxylic acid groups (broad SMARTS) is 1. The summed E-state index contributed by atoms with van der Waals surface area (Å²) >= 11 is 0. The van der Waals surface area contributed by atoms with E-state index in [0.717, 1.165) is 16.3 Å². The average molecular weight is 604 g/mol. The number of carbonyl (C=O) groups excluding carboxylic acids is 2. The molecular weight excluding hydrogens is 574 g/mol. The van der Waals surface area contributed by atoms with Crippen LogP contribution >= 0.6 is 0 Å². The van der Waals surface area contributed by atoms with E-state index in [0.29, 0.717) is 24.9 Å².